The normalized spacial score (nSPS) is 9.93. The molecule has 0 spiro atoms. The summed E-state index contributed by atoms with van der Waals surface area (Å²) in [6, 6.07) is 5.07. The van der Waals surface area contributed by atoms with Crippen molar-refractivity contribution in [2.24, 2.45) is 5.73 Å². The number of carbonyl (C=O) groups is 1. The molecular formula is C9H9ClN2O2S. The molecule has 4 nitrogen and oxygen atoms in total. The number of hydrogen-bond acceptors (Lipinski definition) is 4. The van der Waals surface area contributed by atoms with Crippen molar-refractivity contribution in [1.82, 2.24) is 4.98 Å². The Bertz CT molecular complexity index is 546. The van der Waals surface area contributed by atoms with Crippen LogP contribution in [0.25, 0.3) is 10.2 Å². The van der Waals surface area contributed by atoms with Gasteiger partial charge in [0.1, 0.15) is 0 Å². The summed E-state index contributed by atoms with van der Waals surface area (Å²) in [4.78, 5) is 24.8. The fourth-order valence-electron chi connectivity index (χ4n) is 1.24. The highest BCUT2D eigenvalue weighted by molar-refractivity contribution is 7.16. The second kappa shape index (κ2) is 4.57. The van der Waals surface area contributed by atoms with Crippen LogP contribution in [-0.4, -0.2) is 17.3 Å². The largest absolute Gasteiger partial charge is 0.324 e. The number of H-pyrrole nitrogens is 1. The van der Waals surface area contributed by atoms with Gasteiger partial charge in [0.2, 0.25) is 0 Å². The minimum Gasteiger partial charge on any atom is -0.324 e. The van der Waals surface area contributed by atoms with Crippen LogP contribution in [-0.2, 0) is 0 Å². The summed E-state index contributed by atoms with van der Waals surface area (Å²) in [5.74, 6) is -0.118. The first-order valence-electron chi connectivity index (χ1n) is 4.07. The van der Waals surface area contributed by atoms with Crippen molar-refractivity contribution in [3.05, 3.63) is 33.4 Å². The average Bonchev–Trinajstić information content (AvgIpc) is 2.55. The van der Waals surface area contributed by atoms with Crippen molar-refractivity contribution >= 4 is 39.7 Å². The Morgan fingerprint density at radius 2 is 2.20 bits per heavy atom. The smallest absolute Gasteiger partial charge is 0.305 e. The van der Waals surface area contributed by atoms with E-state index < -0.39 is 0 Å². The van der Waals surface area contributed by atoms with Gasteiger partial charge >= 0.3 is 4.87 Å². The molecule has 3 N–H and O–H groups in total. The minimum atomic E-state index is -0.118. The molecule has 0 saturated carbocycles. The maximum atomic E-state index is 11.3. The number of thiazole rings is 1. The van der Waals surface area contributed by atoms with Gasteiger partial charge in [-0.05, 0) is 18.2 Å². The summed E-state index contributed by atoms with van der Waals surface area (Å²) in [6.07, 6.45) is 0. The second-order valence-electron chi connectivity index (χ2n) is 2.85. The van der Waals surface area contributed by atoms with E-state index in [0.29, 0.717) is 5.56 Å². The lowest BCUT2D eigenvalue weighted by Crippen LogP contribution is -2.13. The molecule has 1 heterocycles. The Morgan fingerprint density at radius 3 is 2.87 bits per heavy atom. The Morgan fingerprint density at radius 1 is 1.47 bits per heavy atom. The molecular weight excluding hydrogens is 236 g/mol. The second-order valence-corrected chi connectivity index (χ2v) is 3.87. The lowest BCUT2D eigenvalue weighted by Gasteiger charge is -1.96. The third kappa shape index (κ3) is 2.26. The van der Waals surface area contributed by atoms with Crippen molar-refractivity contribution < 1.29 is 4.79 Å². The van der Waals surface area contributed by atoms with Gasteiger partial charge in [-0.1, -0.05) is 11.3 Å². The number of nitrogens with one attached hydrogen (secondary N) is 1. The van der Waals surface area contributed by atoms with E-state index in [1.807, 2.05) is 0 Å². The van der Waals surface area contributed by atoms with Crippen molar-refractivity contribution in [1.29, 1.82) is 0 Å². The van der Waals surface area contributed by atoms with E-state index in [9.17, 15) is 9.59 Å². The molecule has 0 amide bonds. The molecule has 0 atom stereocenters. The molecule has 2 aromatic rings. The van der Waals surface area contributed by atoms with Crippen LogP contribution in [0.1, 0.15) is 10.4 Å². The monoisotopic (exact) mass is 244 g/mol. The molecule has 0 aliphatic rings. The summed E-state index contributed by atoms with van der Waals surface area (Å²) >= 11 is 1.09. The van der Waals surface area contributed by atoms with Gasteiger partial charge in [-0.3, -0.25) is 9.59 Å². The number of nitrogens with two attached hydrogens (primary N) is 1. The van der Waals surface area contributed by atoms with Crippen molar-refractivity contribution in [2.45, 2.75) is 0 Å². The third-order valence-corrected chi connectivity index (χ3v) is 2.77. The predicted molar refractivity (Wildman–Crippen MR) is 63.1 cm³/mol. The van der Waals surface area contributed by atoms with E-state index in [-0.39, 0.29) is 29.6 Å². The van der Waals surface area contributed by atoms with E-state index in [2.05, 4.69) is 4.98 Å². The molecule has 1 aromatic heterocycles. The summed E-state index contributed by atoms with van der Waals surface area (Å²) in [5.41, 5.74) is 6.55. The number of fused-ring (bicyclic) bond motifs is 1. The Hall–Kier alpha value is -1.17. The number of carbonyl (C=O) groups excluding carboxylic acids is 1. The summed E-state index contributed by atoms with van der Waals surface area (Å²) < 4.78 is 0.786. The first kappa shape index (κ1) is 11.9. The zero-order chi connectivity index (χ0) is 10.1. The molecule has 80 valence electrons. The number of rotatable bonds is 2. The molecule has 0 saturated heterocycles. The van der Waals surface area contributed by atoms with Crippen molar-refractivity contribution in [3.8, 4) is 0 Å². The Kier molecular flexibility index (Phi) is 3.62. The zero-order valence-electron chi connectivity index (χ0n) is 7.65. The SMILES string of the molecule is Cl.NCC(=O)c1ccc2[nH]c(=O)sc2c1. The number of Topliss-reactive ketones (excluding diaryl/α,β-unsaturated/α-hetero) is 1. The van der Waals surface area contributed by atoms with Crippen LogP contribution in [0.5, 0.6) is 0 Å². The van der Waals surface area contributed by atoms with Crippen molar-refractivity contribution in [3.63, 3.8) is 0 Å². The van der Waals surface area contributed by atoms with E-state index in [1.54, 1.807) is 18.2 Å². The van der Waals surface area contributed by atoms with Crippen LogP contribution in [0.2, 0.25) is 0 Å². The van der Waals surface area contributed by atoms with Crippen molar-refractivity contribution in [2.75, 3.05) is 6.54 Å². The number of aromatic nitrogens is 1. The average molecular weight is 245 g/mol. The topological polar surface area (TPSA) is 76.0 Å². The molecule has 0 unspecified atom stereocenters. The van der Waals surface area contributed by atoms with Crippen LogP contribution in [0.15, 0.2) is 23.0 Å². The van der Waals surface area contributed by atoms with E-state index in [0.717, 1.165) is 21.6 Å². The molecule has 0 bridgehead atoms. The molecule has 15 heavy (non-hydrogen) atoms. The van der Waals surface area contributed by atoms with E-state index >= 15 is 0 Å². The minimum absolute atomic E-state index is 0. The molecule has 0 fully saturated rings. The quantitative estimate of drug-likeness (QED) is 0.779. The molecule has 6 heteroatoms. The lowest BCUT2D eigenvalue weighted by atomic mass is 10.1. The van der Waals surface area contributed by atoms with Gasteiger partial charge in [-0.2, -0.15) is 0 Å². The molecule has 0 aliphatic carbocycles. The number of aromatic amines is 1. The molecule has 0 aliphatic heterocycles. The van der Waals surface area contributed by atoms with Gasteiger partial charge in [0, 0.05) is 5.56 Å². The maximum absolute atomic E-state index is 11.3. The maximum Gasteiger partial charge on any atom is 0.305 e. The van der Waals surface area contributed by atoms with Gasteiger partial charge in [0.15, 0.2) is 5.78 Å². The highest BCUT2D eigenvalue weighted by Gasteiger charge is 2.05. The zero-order valence-corrected chi connectivity index (χ0v) is 9.28. The molecule has 1 aromatic carbocycles. The highest BCUT2D eigenvalue weighted by Crippen LogP contribution is 2.16. The first-order chi connectivity index (χ1) is 6.70. The van der Waals surface area contributed by atoms with E-state index in [4.69, 9.17) is 5.73 Å². The van der Waals surface area contributed by atoms with E-state index in [1.165, 1.54) is 0 Å². The lowest BCUT2D eigenvalue weighted by molar-refractivity contribution is 0.100. The Balaban J connectivity index is 0.00000112. The first-order valence-corrected chi connectivity index (χ1v) is 4.88. The number of benzene rings is 1. The molecule has 2 rings (SSSR count). The third-order valence-electron chi connectivity index (χ3n) is 1.93. The number of halogens is 1. The van der Waals surface area contributed by atoms with Gasteiger partial charge < -0.3 is 10.7 Å². The van der Waals surface area contributed by atoms with Crippen LogP contribution >= 0.6 is 23.7 Å². The van der Waals surface area contributed by atoms with Gasteiger partial charge in [0.05, 0.1) is 16.8 Å². The van der Waals surface area contributed by atoms with Gasteiger partial charge in [0.25, 0.3) is 0 Å². The van der Waals surface area contributed by atoms with Crippen LogP contribution < -0.4 is 10.6 Å². The van der Waals surface area contributed by atoms with Gasteiger partial charge in [-0.25, -0.2) is 0 Å². The van der Waals surface area contributed by atoms with Crippen LogP contribution in [0, 0.1) is 0 Å². The standard InChI is InChI=1S/C9H8N2O2S.ClH/c10-4-7(12)5-1-2-6-8(3-5)14-9(13)11-6;/h1-3H,4,10H2,(H,11,13);1H. The van der Waals surface area contributed by atoms with Crippen LogP contribution in [0.3, 0.4) is 0 Å². The number of ketones is 1. The summed E-state index contributed by atoms with van der Waals surface area (Å²) in [6.45, 7) is -0.00910. The molecule has 0 radical (unpaired) electrons. The fraction of sp³-hybridized carbons (Fsp3) is 0.111. The van der Waals surface area contributed by atoms with Crippen LogP contribution in [0.4, 0.5) is 0 Å². The fourth-order valence-corrected chi connectivity index (χ4v) is 2.01. The Labute approximate surface area is 95.5 Å². The number of hydrogen-bond donors (Lipinski definition) is 2. The highest BCUT2D eigenvalue weighted by atomic mass is 35.5. The summed E-state index contributed by atoms with van der Waals surface area (Å²) in [7, 11) is 0. The predicted octanol–water partition coefficient (Wildman–Crippen LogP) is 1.15. The van der Waals surface area contributed by atoms with Gasteiger partial charge in [-0.15, -0.1) is 12.4 Å². The summed E-state index contributed by atoms with van der Waals surface area (Å²) in [5, 5.41) is 0.